The van der Waals surface area contributed by atoms with Gasteiger partial charge in [-0.05, 0) is 23.6 Å². The molecule has 21 heavy (non-hydrogen) atoms. The van der Waals surface area contributed by atoms with Crippen LogP contribution in [0.2, 0.25) is 0 Å². The third-order valence-electron chi connectivity index (χ3n) is 4.10. The minimum atomic E-state index is 1.06. The summed E-state index contributed by atoms with van der Waals surface area (Å²) in [5.41, 5.74) is 5.48. The number of benzene rings is 2. The molecular weight excluding hydrogens is 256 g/mol. The van der Waals surface area contributed by atoms with Crippen LogP contribution in [-0.2, 0) is 19.4 Å². The molecule has 1 heterocycles. The van der Waals surface area contributed by atoms with Crippen molar-refractivity contribution in [1.82, 2.24) is 4.98 Å². The summed E-state index contributed by atoms with van der Waals surface area (Å²) in [7, 11) is 0. The molecule has 0 saturated carbocycles. The van der Waals surface area contributed by atoms with Crippen molar-refractivity contribution in [2.75, 3.05) is 6.54 Å². The third-order valence-corrected chi connectivity index (χ3v) is 4.10. The van der Waals surface area contributed by atoms with E-state index in [1.165, 1.54) is 27.6 Å². The van der Waals surface area contributed by atoms with Gasteiger partial charge in [0, 0.05) is 29.1 Å². The highest BCUT2D eigenvalue weighted by Crippen LogP contribution is 2.17. The lowest BCUT2D eigenvalue weighted by Gasteiger charge is -2.03. The summed E-state index contributed by atoms with van der Waals surface area (Å²) in [4.78, 5) is 3.35. The zero-order valence-electron chi connectivity index (χ0n) is 12.6. The van der Waals surface area contributed by atoms with E-state index >= 15 is 0 Å². The minimum Gasteiger partial charge on any atom is -0.361 e. The Balaban J connectivity index is 1.51. The number of aromatic amines is 1. The Morgan fingerprint density at radius 2 is 1.71 bits per heavy atom. The number of para-hydroxylation sites is 1. The number of nitrogens with two attached hydrogens (primary N) is 1. The van der Waals surface area contributed by atoms with Crippen LogP contribution < -0.4 is 5.32 Å². The van der Waals surface area contributed by atoms with E-state index in [1.807, 2.05) is 0 Å². The summed E-state index contributed by atoms with van der Waals surface area (Å²) in [6.07, 6.45) is 4.37. The van der Waals surface area contributed by atoms with E-state index in [4.69, 9.17) is 0 Å². The molecule has 0 atom stereocenters. The quantitative estimate of drug-likeness (QED) is 0.650. The van der Waals surface area contributed by atoms with Gasteiger partial charge in [0.25, 0.3) is 0 Å². The van der Waals surface area contributed by atoms with Crippen LogP contribution >= 0.6 is 0 Å². The van der Waals surface area contributed by atoms with Gasteiger partial charge in [0.2, 0.25) is 0 Å². The van der Waals surface area contributed by atoms with Gasteiger partial charge in [-0.15, -0.1) is 0 Å². The first-order chi connectivity index (χ1) is 10.4. The lowest BCUT2D eigenvalue weighted by atomic mass is 10.1. The molecule has 0 radical (unpaired) electrons. The monoisotopic (exact) mass is 279 g/mol. The first kappa shape index (κ1) is 13.9. The fraction of sp³-hybridized carbons (Fsp3) is 0.263. The van der Waals surface area contributed by atoms with Crippen LogP contribution in [0.4, 0.5) is 0 Å². The first-order valence-corrected chi connectivity index (χ1v) is 7.81. The maximum Gasteiger partial charge on any atom is 0.101 e. The Morgan fingerprint density at radius 3 is 2.52 bits per heavy atom. The Hall–Kier alpha value is -2.06. The summed E-state index contributed by atoms with van der Waals surface area (Å²) < 4.78 is 0. The molecule has 0 unspecified atom stereocenters. The second-order valence-corrected chi connectivity index (χ2v) is 5.56. The van der Waals surface area contributed by atoms with E-state index in [0.717, 1.165) is 25.9 Å². The number of aromatic nitrogens is 1. The fourth-order valence-corrected chi connectivity index (χ4v) is 2.78. The number of rotatable bonds is 6. The van der Waals surface area contributed by atoms with E-state index < -0.39 is 0 Å². The molecule has 108 valence electrons. The van der Waals surface area contributed by atoms with Crippen molar-refractivity contribution in [3.63, 3.8) is 0 Å². The second kappa shape index (κ2) is 6.59. The smallest absolute Gasteiger partial charge is 0.101 e. The molecule has 3 rings (SSSR count). The lowest BCUT2D eigenvalue weighted by Crippen LogP contribution is -2.83. The molecule has 1 aromatic heterocycles. The predicted molar refractivity (Wildman–Crippen MR) is 88.3 cm³/mol. The molecule has 2 heteroatoms. The predicted octanol–water partition coefficient (Wildman–Crippen LogP) is 3.04. The van der Waals surface area contributed by atoms with Crippen LogP contribution in [-0.4, -0.2) is 11.5 Å². The molecule has 3 aromatic rings. The van der Waals surface area contributed by atoms with Gasteiger partial charge in [-0.25, -0.2) is 0 Å². The molecule has 2 nitrogen and oxygen atoms in total. The topological polar surface area (TPSA) is 32.4 Å². The summed E-state index contributed by atoms with van der Waals surface area (Å²) in [5.74, 6) is 0. The van der Waals surface area contributed by atoms with Crippen molar-refractivity contribution in [1.29, 1.82) is 0 Å². The molecular formula is C19H23N2+. The zero-order valence-corrected chi connectivity index (χ0v) is 12.6. The van der Waals surface area contributed by atoms with Crippen molar-refractivity contribution < 1.29 is 5.32 Å². The van der Waals surface area contributed by atoms with Crippen molar-refractivity contribution in [3.8, 4) is 0 Å². The van der Waals surface area contributed by atoms with Crippen LogP contribution in [0.5, 0.6) is 0 Å². The number of aryl methyl sites for hydroxylation is 1. The summed E-state index contributed by atoms with van der Waals surface area (Å²) in [6.45, 7) is 4.38. The molecule has 0 spiro atoms. The average molecular weight is 279 g/mol. The molecule has 0 bridgehead atoms. The van der Waals surface area contributed by atoms with Gasteiger partial charge in [0.1, 0.15) is 6.54 Å². The Morgan fingerprint density at radius 1 is 0.952 bits per heavy atom. The van der Waals surface area contributed by atoms with Crippen molar-refractivity contribution in [3.05, 3.63) is 71.4 Å². The van der Waals surface area contributed by atoms with E-state index in [1.54, 1.807) is 0 Å². The van der Waals surface area contributed by atoms with Crippen LogP contribution in [0.1, 0.15) is 23.6 Å². The number of nitrogens with one attached hydrogen (secondary N) is 1. The minimum absolute atomic E-state index is 1.06. The van der Waals surface area contributed by atoms with Crippen LogP contribution in [0.15, 0.2) is 54.7 Å². The van der Waals surface area contributed by atoms with E-state index in [2.05, 4.69) is 72.0 Å². The normalized spacial score (nSPS) is 11.1. The molecule has 0 fully saturated rings. The van der Waals surface area contributed by atoms with Gasteiger partial charge in [0.05, 0.1) is 6.54 Å². The van der Waals surface area contributed by atoms with Crippen LogP contribution in [0, 0.1) is 0 Å². The number of H-pyrrole nitrogens is 1. The van der Waals surface area contributed by atoms with Crippen LogP contribution in [0.3, 0.4) is 0 Å². The van der Waals surface area contributed by atoms with Crippen molar-refractivity contribution in [2.24, 2.45) is 0 Å². The molecule has 0 amide bonds. The lowest BCUT2D eigenvalue weighted by molar-refractivity contribution is -0.670. The number of fused-ring (bicyclic) bond motifs is 1. The van der Waals surface area contributed by atoms with Gasteiger partial charge >= 0.3 is 0 Å². The summed E-state index contributed by atoms with van der Waals surface area (Å²) in [6, 6.07) is 17.5. The van der Waals surface area contributed by atoms with Gasteiger partial charge in [-0.2, -0.15) is 0 Å². The first-order valence-electron chi connectivity index (χ1n) is 7.81. The second-order valence-electron chi connectivity index (χ2n) is 5.56. The van der Waals surface area contributed by atoms with Gasteiger partial charge < -0.3 is 10.3 Å². The standard InChI is InChI=1S/C19H22N2/c1-2-15-7-9-16(10-8-15)13-20-12-11-17-14-21-19-6-4-3-5-18(17)19/h3-10,14,20-21H,2,11-13H2,1H3/p+1. The number of hydrogen-bond donors (Lipinski definition) is 2. The van der Waals surface area contributed by atoms with Crippen LogP contribution in [0.25, 0.3) is 10.9 Å². The SMILES string of the molecule is CCc1ccc(C[NH2+]CCc2c[nH]c3ccccc23)cc1. The fourth-order valence-electron chi connectivity index (χ4n) is 2.78. The maximum atomic E-state index is 3.35. The number of hydrogen-bond acceptors (Lipinski definition) is 0. The molecule has 0 aliphatic carbocycles. The van der Waals surface area contributed by atoms with Gasteiger partial charge in [0.15, 0.2) is 0 Å². The Kier molecular flexibility index (Phi) is 4.37. The van der Waals surface area contributed by atoms with Gasteiger partial charge in [-0.3, -0.25) is 0 Å². The molecule has 3 N–H and O–H groups in total. The highest BCUT2D eigenvalue weighted by atomic mass is 14.8. The molecule has 0 aliphatic heterocycles. The molecule has 0 aliphatic rings. The highest BCUT2D eigenvalue weighted by molar-refractivity contribution is 5.82. The molecule has 2 aromatic carbocycles. The summed E-state index contributed by atoms with van der Waals surface area (Å²) in [5, 5.41) is 3.75. The summed E-state index contributed by atoms with van der Waals surface area (Å²) >= 11 is 0. The largest absolute Gasteiger partial charge is 0.361 e. The van der Waals surface area contributed by atoms with E-state index in [-0.39, 0.29) is 0 Å². The van der Waals surface area contributed by atoms with Crippen molar-refractivity contribution >= 4 is 10.9 Å². The van der Waals surface area contributed by atoms with E-state index in [0.29, 0.717) is 0 Å². The Labute approximate surface area is 126 Å². The van der Waals surface area contributed by atoms with E-state index in [9.17, 15) is 0 Å². The maximum absolute atomic E-state index is 3.35. The van der Waals surface area contributed by atoms with Gasteiger partial charge in [-0.1, -0.05) is 49.4 Å². The third kappa shape index (κ3) is 3.34. The molecule has 0 saturated heterocycles. The zero-order chi connectivity index (χ0) is 14.5. The number of quaternary nitrogens is 1. The average Bonchev–Trinajstić information content (AvgIpc) is 2.95. The highest BCUT2D eigenvalue weighted by Gasteiger charge is 2.03. The van der Waals surface area contributed by atoms with Crippen molar-refractivity contribution in [2.45, 2.75) is 26.3 Å². The Bertz CT molecular complexity index is 695.